The summed E-state index contributed by atoms with van der Waals surface area (Å²) in [6.07, 6.45) is 2.46. The Kier molecular flexibility index (Phi) is 6.40. The van der Waals surface area contributed by atoms with Gasteiger partial charge in [-0.1, -0.05) is 60.7 Å². The lowest BCUT2D eigenvalue weighted by molar-refractivity contribution is -0.121. The van der Waals surface area contributed by atoms with Gasteiger partial charge in [0.15, 0.2) is 0 Å². The number of carbonyl (C=O) groups is 1. The van der Waals surface area contributed by atoms with Crippen LogP contribution < -0.4 is 11.1 Å². The number of nitrogen functional groups attached to an aromatic ring is 1. The van der Waals surface area contributed by atoms with Crippen LogP contribution in [-0.2, 0) is 17.6 Å². The topological polar surface area (TPSA) is 71.2 Å². The molecule has 3 N–H and O–H groups in total. The van der Waals surface area contributed by atoms with Gasteiger partial charge < -0.3 is 16.0 Å². The number of amides is 1. The molecule has 1 fully saturated rings. The van der Waals surface area contributed by atoms with E-state index in [1.807, 2.05) is 42.5 Å². The van der Waals surface area contributed by atoms with Crippen molar-refractivity contribution < 1.29 is 4.79 Å². The first-order chi connectivity index (χ1) is 14.7. The number of nitrogens with zero attached hydrogens (tertiary/aromatic N) is 2. The molecule has 1 atom stereocenters. The van der Waals surface area contributed by atoms with Crippen molar-refractivity contribution in [3.8, 4) is 11.3 Å². The van der Waals surface area contributed by atoms with Crippen molar-refractivity contribution in [2.45, 2.75) is 25.3 Å². The fourth-order valence-corrected chi connectivity index (χ4v) is 3.96. The molecular formula is C25H28N4O. The fourth-order valence-electron chi connectivity index (χ4n) is 3.96. The van der Waals surface area contributed by atoms with Gasteiger partial charge in [0.1, 0.15) is 5.82 Å². The van der Waals surface area contributed by atoms with Gasteiger partial charge in [0, 0.05) is 31.2 Å². The summed E-state index contributed by atoms with van der Waals surface area (Å²) < 4.78 is 0. The van der Waals surface area contributed by atoms with Gasteiger partial charge in [-0.3, -0.25) is 4.79 Å². The number of anilines is 1. The molecule has 0 aliphatic carbocycles. The monoisotopic (exact) mass is 400 g/mol. The van der Waals surface area contributed by atoms with Crippen molar-refractivity contribution in [3.05, 3.63) is 83.9 Å². The summed E-state index contributed by atoms with van der Waals surface area (Å²) in [4.78, 5) is 19.1. The first kappa shape index (κ1) is 20.1. The highest BCUT2D eigenvalue weighted by atomic mass is 16.1. The van der Waals surface area contributed by atoms with Gasteiger partial charge in [0.05, 0.1) is 12.1 Å². The molecule has 5 nitrogen and oxygen atoms in total. The van der Waals surface area contributed by atoms with Gasteiger partial charge in [-0.2, -0.15) is 0 Å². The van der Waals surface area contributed by atoms with Gasteiger partial charge in [-0.25, -0.2) is 4.98 Å². The van der Waals surface area contributed by atoms with Crippen LogP contribution in [0.25, 0.3) is 11.3 Å². The van der Waals surface area contributed by atoms with E-state index in [-0.39, 0.29) is 11.9 Å². The largest absolute Gasteiger partial charge is 0.384 e. The summed E-state index contributed by atoms with van der Waals surface area (Å²) in [7, 11) is 0. The van der Waals surface area contributed by atoms with Crippen LogP contribution in [0.1, 0.15) is 17.5 Å². The number of likely N-dealkylation sites (tertiary alicyclic amines) is 1. The molecule has 0 saturated carbocycles. The number of hydrogen-bond donors (Lipinski definition) is 2. The molecule has 5 heteroatoms. The van der Waals surface area contributed by atoms with Crippen LogP contribution in [0.2, 0.25) is 0 Å². The van der Waals surface area contributed by atoms with E-state index in [4.69, 9.17) is 5.73 Å². The summed E-state index contributed by atoms with van der Waals surface area (Å²) in [6.45, 7) is 2.95. The Labute approximate surface area is 177 Å². The van der Waals surface area contributed by atoms with Crippen molar-refractivity contribution in [3.63, 3.8) is 0 Å². The molecular weight excluding hydrogens is 372 g/mol. The predicted molar refractivity (Wildman–Crippen MR) is 121 cm³/mol. The molecule has 154 valence electrons. The van der Waals surface area contributed by atoms with Crippen molar-refractivity contribution in [2.24, 2.45) is 0 Å². The molecule has 1 aromatic heterocycles. The molecule has 1 unspecified atom stereocenters. The first-order valence-electron chi connectivity index (χ1n) is 10.5. The van der Waals surface area contributed by atoms with Crippen molar-refractivity contribution in [2.75, 3.05) is 25.4 Å². The van der Waals surface area contributed by atoms with E-state index < -0.39 is 0 Å². The number of hydrogen-bond acceptors (Lipinski definition) is 4. The maximum absolute atomic E-state index is 12.3. The number of nitrogens with one attached hydrogen (secondary N) is 1. The lowest BCUT2D eigenvalue weighted by atomic mass is 10.1. The molecule has 0 bridgehead atoms. The number of carbonyl (C=O) groups excluding carboxylic acids is 1. The number of benzene rings is 2. The molecule has 1 aliphatic rings. The van der Waals surface area contributed by atoms with Gasteiger partial charge in [-0.15, -0.1) is 0 Å². The number of aromatic nitrogens is 1. The van der Waals surface area contributed by atoms with E-state index in [1.165, 1.54) is 5.56 Å². The van der Waals surface area contributed by atoms with Crippen LogP contribution in [0, 0.1) is 0 Å². The van der Waals surface area contributed by atoms with Gasteiger partial charge in [-0.05, 0) is 36.1 Å². The zero-order valence-electron chi connectivity index (χ0n) is 17.1. The molecule has 1 saturated heterocycles. The zero-order valence-corrected chi connectivity index (χ0v) is 17.1. The highest BCUT2D eigenvalue weighted by Gasteiger charge is 2.23. The predicted octanol–water partition coefficient (Wildman–Crippen LogP) is 3.31. The molecule has 3 aromatic rings. The molecule has 30 heavy (non-hydrogen) atoms. The van der Waals surface area contributed by atoms with E-state index in [0.717, 1.165) is 49.3 Å². The summed E-state index contributed by atoms with van der Waals surface area (Å²) in [5.41, 5.74) is 10.1. The Morgan fingerprint density at radius 2 is 1.80 bits per heavy atom. The molecule has 0 spiro atoms. The second kappa shape index (κ2) is 9.55. The smallest absolute Gasteiger partial charge is 0.224 e. The second-order valence-corrected chi connectivity index (χ2v) is 7.91. The fraction of sp³-hybridized carbons (Fsp3) is 0.280. The average Bonchev–Trinajstić information content (AvgIpc) is 3.20. The van der Waals surface area contributed by atoms with Crippen molar-refractivity contribution >= 4 is 11.7 Å². The zero-order chi connectivity index (χ0) is 20.8. The Morgan fingerprint density at radius 3 is 2.57 bits per heavy atom. The molecule has 1 amide bonds. The number of rotatable bonds is 7. The minimum Gasteiger partial charge on any atom is -0.384 e. The Bertz CT molecular complexity index is 972. The molecule has 2 heterocycles. The van der Waals surface area contributed by atoms with E-state index in [9.17, 15) is 4.79 Å². The third kappa shape index (κ3) is 5.45. The van der Waals surface area contributed by atoms with E-state index >= 15 is 0 Å². The average molecular weight is 401 g/mol. The minimum atomic E-state index is 0.110. The van der Waals surface area contributed by atoms with E-state index in [0.29, 0.717) is 12.2 Å². The van der Waals surface area contributed by atoms with Crippen molar-refractivity contribution in [1.29, 1.82) is 0 Å². The standard InChI is InChI=1S/C25H28N4O/c26-24-8-4-7-23(28-24)21-11-9-19(10-12-21)13-15-29-16-14-22(18-29)27-25(30)17-20-5-2-1-3-6-20/h1-12,22H,13-18H2,(H2,26,28)(H,27,30). The molecule has 1 aliphatic heterocycles. The quantitative estimate of drug-likeness (QED) is 0.638. The first-order valence-corrected chi connectivity index (χ1v) is 10.5. The maximum atomic E-state index is 12.3. The third-order valence-corrected chi connectivity index (χ3v) is 5.58. The Balaban J connectivity index is 1.23. The summed E-state index contributed by atoms with van der Waals surface area (Å²) in [5.74, 6) is 0.648. The van der Waals surface area contributed by atoms with Crippen LogP contribution in [0.5, 0.6) is 0 Å². The Hall–Kier alpha value is -3.18. The maximum Gasteiger partial charge on any atom is 0.224 e. The third-order valence-electron chi connectivity index (χ3n) is 5.58. The molecule has 4 rings (SSSR count). The van der Waals surface area contributed by atoms with Crippen LogP contribution in [0.4, 0.5) is 5.82 Å². The normalized spacial score (nSPS) is 16.5. The van der Waals surface area contributed by atoms with Crippen LogP contribution in [0.3, 0.4) is 0 Å². The number of pyridine rings is 1. The minimum absolute atomic E-state index is 0.110. The highest BCUT2D eigenvalue weighted by Crippen LogP contribution is 2.19. The van der Waals surface area contributed by atoms with E-state index in [2.05, 4.69) is 39.5 Å². The lowest BCUT2D eigenvalue weighted by Gasteiger charge is -2.17. The molecule has 0 radical (unpaired) electrons. The Morgan fingerprint density at radius 1 is 1.00 bits per heavy atom. The lowest BCUT2D eigenvalue weighted by Crippen LogP contribution is -2.38. The van der Waals surface area contributed by atoms with Gasteiger partial charge in [0.2, 0.25) is 5.91 Å². The molecule has 2 aromatic carbocycles. The van der Waals surface area contributed by atoms with Crippen molar-refractivity contribution in [1.82, 2.24) is 15.2 Å². The van der Waals surface area contributed by atoms with Crippen LogP contribution in [0.15, 0.2) is 72.8 Å². The summed E-state index contributed by atoms with van der Waals surface area (Å²) >= 11 is 0. The van der Waals surface area contributed by atoms with Crippen LogP contribution in [-0.4, -0.2) is 41.5 Å². The van der Waals surface area contributed by atoms with Gasteiger partial charge in [0.25, 0.3) is 0 Å². The SMILES string of the molecule is Nc1cccc(-c2ccc(CCN3CCC(NC(=O)Cc4ccccc4)C3)cc2)n1. The van der Waals surface area contributed by atoms with Crippen LogP contribution >= 0.6 is 0 Å². The van der Waals surface area contributed by atoms with Gasteiger partial charge >= 0.3 is 0 Å². The second-order valence-electron chi connectivity index (χ2n) is 7.91. The highest BCUT2D eigenvalue weighted by molar-refractivity contribution is 5.78. The number of nitrogens with two attached hydrogens (primary N) is 1. The van der Waals surface area contributed by atoms with E-state index in [1.54, 1.807) is 6.07 Å². The summed E-state index contributed by atoms with van der Waals surface area (Å²) in [5, 5.41) is 3.19. The summed E-state index contributed by atoms with van der Waals surface area (Å²) in [6, 6.07) is 24.4.